The van der Waals surface area contributed by atoms with E-state index in [1.807, 2.05) is 30.5 Å². The molecular formula is C15H19N3O. The highest BCUT2D eigenvalue weighted by molar-refractivity contribution is 5.66. The third-order valence-electron chi connectivity index (χ3n) is 3.63. The second-order valence-corrected chi connectivity index (χ2v) is 4.88. The Morgan fingerprint density at radius 2 is 2.16 bits per heavy atom. The van der Waals surface area contributed by atoms with Gasteiger partial charge in [0.05, 0.1) is 25.0 Å². The van der Waals surface area contributed by atoms with Gasteiger partial charge in [0, 0.05) is 5.56 Å². The van der Waals surface area contributed by atoms with Gasteiger partial charge in [-0.2, -0.15) is 0 Å². The number of aromatic nitrogens is 2. The van der Waals surface area contributed by atoms with Gasteiger partial charge < -0.3 is 15.0 Å². The highest BCUT2D eigenvalue weighted by Crippen LogP contribution is 2.29. The summed E-state index contributed by atoms with van der Waals surface area (Å²) in [6.07, 6.45) is 5.57. The largest absolute Gasteiger partial charge is 0.496 e. The van der Waals surface area contributed by atoms with E-state index in [-0.39, 0.29) is 0 Å². The molecular weight excluding hydrogens is 238 g/mol. The van der Waals surface area contributed by atoms with Gasteiger partial charge in [-0.15, -0.1) is 0 Å². The Balaban J connectivity index is 1.88. The number of imidazole rings is 1. The molecule has 0 radical (unpaired) electrons. The maximum Gasteiger partial charge on any atom is 0.128 e. The molecule has 0 saturated carbocycles. The molecule has 2 N–H and O–H groups in total. The maximum atomic E-state index is 5.39. The summed E-state index contributed by atoms with van der Waals surface area (Å²) < 4.78 is 5.39. The van der Waals surface area contributed by atoms with Crippen molar-refractivity contribution >= 4 is 0 Å². The summed E-state index contributed by atoms with van der Waals surface area (Å²) in [4.78, 5) is 7.94. The molecule has 3 rings (SSSR count). The van der Waals surface area contributed by atoms with Crippen LogP contribution >= 0.6 is 0 Å². The SMILES string of the molecule is COc1ccccc1-c1cnc(C2CCCCN2)[nH]1. The molecule has 1 aliphatic heterocycles. The Bertz CT molecular complexity index is 544. The number of aromatic amines is 1. The molecule has 2 heterocycles. The van der Waals surface area contributed by atoms with E-state index in [1.165, 1.54) is 12.8 Å². The molecule has 1 atom stereocenters. The average Bonchev–Trinajstić information content (AvgIpc) is 2.98. The standard InChI is InChI=1S/C15H19N3O/c1-19-14-8-3-2-6-11(14)13-10-17-15(18-13)12-7-4-5-9-16-12/h2-3,6,8,10,12,16H,4-5,7,9H2,1H3,(H,17,18). The van der Waals surface area contributed by atoms with Crippen molar-refractivity contribution in [3.63, 3.8) is 0 Å². The normalized spacial score (nSPS) is 19.3. The van der Waals surface area contributed by atoms with Gasteiger partial charge in [-0.1, -0.05) is 18.6 Å². The van der Waals surface area contributed by atoms with Crippen LogP contribution in [0.15, 0.2) is 30.5 Å². The van der Waals surface area contributed by atoms with Gasteiger partial charge in [0.1, 0.15) is 11.6 Å². The van der Waals surface area contributed by atoms with E-state index in [1.54, 1.807) is 7.11 Å². The minimum atomic E-state index is 0.359. The van der Waals surface area contributed by atoms with Gasteiger partial charge in [0.15, 0.2) is 0 Å². The second kappa shape index (κ2) is 5.45. The fourth-order valence-electron chi connectivity index (χ4n) is 2.60. The quantitative estimate of drug-likeness (QED) is 0.889. The maximum absolute atomic E-state index is 5.39. The minimum Gasteiger partial charge on any atom is -0.496 e. The molecule has 1 saturated heterocycles. The first kappa shape index (κ1) is 12.2. The lowest BCUT2D eigenvalue weighted by Crippen LogP contribution is -2.27. The molecule has 1 unspecified atom stereocenters. The van der Waals surface area contributed by atoms with Crippen molar-refractivity contribution in [2.24, 2.45) is 0 Å². The van der Waals surface area contributed by atoms with Gasteiger partial charge in [-0.3, -0.25) is 0 Å². The van der Waals surface area contributed by atoms with Gasteiger partial charge in [0.25, 0.3) is 0 Å². The van der Waals surface area contributed by atoms with Crippen molar-refractivity contribution in [3.8, 4) is 17.0 Å². The predicted molar refractivity (Wildman–Crippen MR) is 75.2 cm³/mol. The Morgan fingerprint density at radius 1 is 1.26 bits per heavy atom. The van der Waals surface area contributed by atoms with Crippen LogP contribution in [-0.4, -0.2) is 23.6 Å². The predicted octanol–water partition coefficient (Wildman–Crippen LogP) is 2.90. The van der Waals surface area contributed by atoms with E-state index >= 15 is 0 Å². The van der Waals surface area contributed by atoms with E-state index in [0.717, 1.165) is 35.8 Å². The van der Waals surface area contributed by atoms with E-state index in [9.17, 15) is 0 Å². The molecule has 2 aromatic rings. The first-order chi connectivity index (χ1) is 9.38. The molecule has 100 valence electrons. The Hall–Kier alpha value is -1.81. The zero-order chi connectivity index (χ0) is 13.1. The summed E-state index contributed by atoms with van der Waals surface area (Å²) in [5, 5.41) is 3.50. The fraction of sp³-hybridized carbons (Fsp3) is 0.400. The molecule has 1 aliphatic rings. The number of hydrogen-bond acceptors (Lipinski definition) is 3. The second-order valence-electron chi connectivity index (χ2n) is 4.88. The van der Waals surface area contributed by atoms with Crippen LogP contribution in [-0.2, 0) is 0 Å². The average molecular weight is 257 g/mol. The van der Waals surface area contributed by atoms with E-state index in [0.29, 0.717) is 6.04 Å². The smallest absolute Gasteiger partial charge is 0.128 e. The Kier molecular flexibility index (Phi) is 3.51. The van der Waals surface area contributed by atoms with Crippen LogP contribution in [0.5, 0.6) is 5.75 Å². The number of nitrogens with zero attached hydrogens (tertiary/aromatic N) is 1. The van der Waals surface area contributed by atoms with Crippen LogP contribution in [0.4, 0.5) is 0 Å². The number of para-hydroxylation sites is 1. The van der Waals surface area contributed by atoms with Gasteiger partial charge >= 0.3 is 0 Å². The molecule has 19 heavy (non-hydrogen) atoms. The number of ether oxygens (including phenoxy) is 1. The van der Waals surface area contributed by atoms with Crippen LogP contribution in [0.25, 0.3) is 11.3 Å². The number of rotatable bonds is 3. The van der Waals surface area contributed by atoms with Gasteiger partial charge in [-0.25, -0.2) is 4.98 Å². The first-order valence-corrected chi connectivity index (χ1v) is 6.80. The highest BCUT2D eigenvalue weighted by atomic mass is 16.5. The Morgan fingerprint density at radius 3 is 2.95 bits per heavy atom. The summed E-state index contributed by atoms with van der Waals surface area (Å²) in [7, 11) is 1.69. The van der Waals surface area contributed by atoms with Crippen LogP contribution < -0.4 is 10.1 Å². The van der Waals surface area contributed by atoms with Gasteiger partial charge in [-0.05, 0) is 31.5 Å². The molecule has 0 spiro atoms. The van der Waals surface area contributed by atoms with Crippen molar-refractivity contribution in [1.82, 2.24) is 15.3 Å². The summed E-state index contributed by atoms with van der Waals surface area (Å²) in [6, 6.07) is 8.36. The number of nitrogens with one attached hydrogen (secondary N) is 2. The number of methoxy groups -OCH3 is 1. The van der Waals surface area contributed by atoms with Crippen molar-refractivity contribution < 1.29 is 4.74 Å². The molecule has 4 nitrogen and oxygen atoms in total. The van der Waals surface area contributed by atoms with Gasteiger partial charge in [0.2, 0.25) is 0 Å². The van der Waals surface area contributed by atoms with Crippen molar-refractivity contribution in [2.75, 3.05) is 13.7 Å². The van der Waals surface area contributed by atoms with Crippen molar-refractivity contribution in [3.05, 3.63) is 36.3 Å². The number of hydrogen-bond donors (Lipinski definition) is 2. The fourth-order valence-corrected chi connectivity index (χ4v) is 2.60. The van der Waals surface area contributed by atoms with Crippen LogP contribution in [0.1, 0.15) is 31.1 Å². The number of H-pyrrole nitrogens is 1. The lowest BCUT2D eigenvalue weighted by atomic mass is 10.0. The topological polar surface area (TPSA) is 49.9 Å². The third-order valence-corrected chi connectivity index (χ3v) is 3.63. The van der Waals surface area contributed by atoms with E-state index < -0.39 is 0 Å². The van der Waals surface area contributed by atoms with Crippen LogP contribution in [0.3, 0.4) is 0 Å². The summed E-state index contributed by atoms with van der Waals surface area (Å²) in [5.74, 6) is 1.90. The highest BCUT2D eigenvalue weighted by Gasteiger charge is 2.18. The lowest BCUT2D eigenvalue weighted by molar-refractivity contribution is 0.399. The molecule has 1 aromatic carbocycles. The van der Waals surface area contributed by atoms with Crippen LogP contribution in [0, 0.1) is 0 Å². The zero-order valence-electron chi connectivity index (χ0n) is 11.1. The first-order valence-electron chi connectivity index (χ1n) is 6.80. The Labute approximate surface area is 113 Å². The van der Waals surface area contributed by atoms with Crippen molar-refractivity contribution in [2.45, 2.75) is 25.3 Å². The molecule has 0 bridgehead atoms. The number of piperidine rings is 1. The monoisotopic (exact) mass is 257 g/mol. The molecule has 1 fully saturated rings. The molecule has 0 aliphatic carbocycles. The summed E-state index contributed by atoms with van der Waals surface area (Å²) in [5.41, 5.74) is 2.07. The molecule has 1 aromatic heterocycles. The lowest BCUT2D eigenvalue weighted by Gasteiger charge is -2.21. The number of benzene rings is 1. The summed E-state index contributed by atoms with van der Waals surface area (Å²) in [6.45, 7) is 1.08. The van der Waals surface area contributed by atoms with E-state index in [2.05, 4.69) is 15.3 Å². The zero-order valence-corrected chi connectivity index (χ0v) is 11.1. The molecule has 0 amide bonds. The minimum absolute atomic E-state index is 0.359. The van der Waals surface area contributed by atoms with Crippen LogP contribution in [0.2, 0.25) is 0 Å². The van der Waals surface area contributed by atoms with E-state index in [4.69, 9.17) is 4.74 Å². The third kappa shape index (κ3) is 2.49. The summed E-state index contributed by atoms with van der Waals surface area (Å²) >= 11 is 0. The van der Waals surface area contributed by atoms with Crippen molar-refractivity contribution in [1.29, 1.82) is 0 Å². The molecule has 4 heteroatoms.